The molecule has 2 heterocycles. The minimum atomic E-state index is -0.191. The van der Waals surface area contributed by atoms with Crippen LogP contribution >= 0.6 is 0 Å². The molecule has 5 heteroatoms. The molecule has 1 aromatic carbocycles. The molecule has 2 saturated heterocycles. The molecule has 24 heavy (non-hydrogen) atoms. The second-order valence-corrected chi connectivity index (χ2v) is 7.03. The minimum absolute atomic E-state index is 0.169. The van der Waals surface area contributed by atoms with E-state index >= 15 is 0 Å². The molecule has 132 valence electrons. The van der Waals surface area contributed by atoms with Gasteiger partial charge in [-0.25, -0.2) is 4.39 Å². The van der Waals surface area contributed by atoms with Gasteiger partial charge in [0.25, 0.3) is 0 Å². The highest BCUT2D eigenvalue weighted by atomic mass is 19.1. The van der Waals surface area contributed by atoms with Crippen LogP contribution in [0.5, 0.6) is 0 Å². The number of amides is 1. The molecule has 2 aliphatic rings. The highest BCUT2D eigenvalue weighted by Crippen LogP contribution is 2.18. The van der Waals surface area contributed by atoms with Crippen molar-refractivity contribution in [2.75, 3.05) is 26.3 Å². The average Bonchev–Trinajstić information content (AvgIpc) is 2.59. The van der Waals surface area contributed by atoms with Crippen LogP contribution in [-0.2, 0) is 16.1 Å². The first-order valence-electron chi connectivity index (χ1n) is 9.03. The van der Waals surface area contributed by atoms with Crippen LogP contribution < -0.4 is 5.32 Å². The number of piperidine rings is 1. The zero-order valence-electron chi connectivity index (χ0n) is 14.2. The summed E-state index contributed by atoms with van der Waals surface area (Å²) in [6, 6.07) is 6.99. The number of hydrogen-bond donors (Lipinski definition) is 1. The van der Waals surface area contributed by atoms with Gasteiger partial charge in [-0.3, -0.25) is 9.69 Å². The van der Waals surface area contributed by atoms with Crippen molar-refractivity contribution in [3.8, 4) is 0 Å². The van der Waals surface area contributed by atoms with Crippen molar-refractivity contribution in [3.05, 3.63) is 35.6 Å². The van der Waals surface area contributed by atoms with Gasteiger partial charge in [0, 0.05) is 45.3 Å². The first-order valence-corrected chi connectivity index (χ1v) is 9.03. The maximum Gasteiger partial charge on any atom is 0.220 e. The van der Waals surface area contributed by atoms with Crippen LogP contribution in [0.2, 0.25) is 0 Å². The summed E-state index contributed by atoms with van der Waals surface area (Å²) >= 11 is 0. The second kappa shape index (κ2) is 8.58. The molecule has 1 aromatic rings. The van der Waals surface area contributed by atoms with Crippen LogP contribution in [0.3, 0.4) is 0 Å². The molecule has 0 aromatic heterocycles. The Morgan fingerprint density at radius 3 is 2.62 bits per heavy atom. The van der Waals surface area contributed by atoms with Crippen molar-refractivity contribution in [1.29, 1.82) is 0 Å². The van der Waals surface area contributed by atoms with E-state index < -0.39 is 0 Å². The third kappa shape index (κ3) is 5.28. The Morgan fingerprint density at radius 1 is 1.21 bits per heavy atom. The molecule has 1 amide bonds. The van der Waals surface area contributed by atoms with Gasteiger partial charge in [0.15, 0.2) is 0 Å². The summed E-state index contributed by atoms with van der Waals surface area (Å²) in [4.78, 5) is 14.5. The maximum absolute atomic E-state index is 12.9. The van der Waals surface area contributed by atoms with Gasteiger partial charge in [0.05, 0.1) is 0 Å². The average molecular weight is 334 g/mol. The van der Waals surface area contributed by atoms with E-state index in [2.05, 4.69) is 10.2 Å². The number of rotatable bonds is 5. The monoisotopic (exact) mass is 334 g/mol. The predicted molar refractivity (Wildman–Crippen MR) is 91.0 cm³/mol. The fourth-order valence-corrected chi connectivity index (χ4v) is 3.60. The summed E-state index contributed by atoms with van der Waals surface area (Å²) in [5.41, 5.74) is 1.14. The molecule has 0 bridgehead atoms. The standard InChI is InChI=1S/C19H27FN2O2/c20-17-5-3-15(4-6-17)13-22-9-7-18(8-10-22)21-19(23)12-16-2-1-11-24-14-16/h3-6,16,18H,1-2,7-14H2,(H,21,23). The van der Waals surface area contributed by atoms with Gasteiger partial charge in [-0.1, -0.05) is 12.1 Å². The summed E-state index contributed by atoms with van der Waals surface area (Å²) in [6.07, 6.45) is 4.72. The zero-order chi connectivity index (χ0) is 16.8. The number of hydrogen-bond acceptors (Lipinski definition) is 3. The van der Waals surface area contributed by atoms with Crippen molar-refractivity contribution in [1.82, 2.24) is 10.2 Å². The van der Waals surface area contributed by atoms with Gasteiger partial charge >= 0.3 is 0 Å². The Balaban J connectivity index is 1.37. The Kier molecular flexibility index (Phi) is 6.21. The number of carbonyl (C=O) groups is 1. The minimum Gasteiger partial charge on any atom is -0.381 e. The highest BCUT2D eigenvalue weighted by Gasteiger charge is 2.23. The zero-order valence-corrected chi connectivity index (χ0v) is 14.2. The number of benzene rings is 1. The molecule has 0 spiro atoms. The van der Waals surface area contributed by atoms with E-state index in [9.17, 15) is 9.18 Å². The molecular formula is C19H27FN2O2. The Labute approximate surface area is 143 Å². The van der Waals surface area contributed by atoms with Crippen LogP contribution in [0.25, 0.3) is 0 Å². The number of halogens is 1. The molecule has 4 nitrogen and oxygen atoms in total. The van der Waals surface area contributed by atoms with E-state index in [0.29, 0.717) is 12.3 Å². The summed E-state index contributed by atoms with van der Waals surface area (Å²) in [6.45, 7) is 4.35. The van der Waals surface area contributed by atoms with Gasteiger partial charge < -0.3 is 10.1 Å². The lowest BCUT2D eigenvalue weighted by molar-refractivity contribution is -0.124. The Hall–Kier alpha value is -1.46. The SMILES string of the molecule is O=C(CC1CCCOC1)NC1CCN(Cc2ccc(F)cc2)CC1. The summed E-state index contributed by atoms with van der Waals surface area (Å²) in [5, 5.41) is 3.19. The summed E-state index contributed by atoms with van der Waals surface area (Å²) < 4.78 is 18.4. The van der Waals surface area contributed by atoms with E-state index in [1.54, 1.807) is 0 Å². The number of ether oxygens (including phenoxy) is 1. The molecule has 1 unspecified atom stereocenters. The van der Waals surface area contributed by atoms with Crippen molar-refractivity contribution in [3.63, 3.8) is 0 Å². The predicted octanol–water partition coefficient (Wildman–Crippen LogP) is 2.72. The van der Waals surface area contributed by atoms with Gasteiger partial charge in [0.2, 0.25) is 5.91 Å². The molecule has 3 rings (SSSR count). The Morgan fingerprint density at radius 2 is 1.96 bits per heavy atom. The van der Waals surface area contributed by atoms with E-state index in [0.717, 1.165) is 64.1 Å². The quantitative estimate of drug-likeness (QED) is 0.900. The van der Waals surface area contributed by atoms with Crippen molar-refractivity contribution >= 4 is 5.91 Å². The van der Waals surface area contributed by atoms with E-state index in [1.165, 1.54) is 12.1 Å². The maximum atomic E-state index is 12.9. The summed E-state index contributed by atoms with van der Waals surface area (Å²) in [7, 11) is 0. The van der Waals surface area contributed by atoms with Crippen molar-refractivity contribution < 1.29 is 13.9 Å². The first-order chi connectivity index (χ1) is 11.7. The number of carbonyl (C=O) groups excluding carboxylic acids is 1. The highest BCUT2D eigenvalue weighted by molar-refractivity contribution is 5.76. The molecule has 0 saturated carbocycles. The largest absolute Gasteiger partial charge is 0.381 e. The van der Waals surface area contributed by atoms with E-state index in [4.69, 9.17) is 4.74 Å². The lowest BCUT2D eigenvalue weighted by Crippen LogP contribution is -2.44. The fraction of sp³-hybridized carbons (Fsp3) is 0.632. The normalized spacial score (nSPS) is 23.1. The third-order valence-corrected chi connectivity index (χ3v) is 5.00. The van der Waals surface area contributed by atoms with Crippen LogP contribution in [0.4, 0.5) is 4.39 Å². The smallest absolute Gasteiger partial charge is 0.220 e. The first kappa shape index (κ1) is 17.4. The molecule has 1 atom stereocenters. The number of nitrogens with one attached hydrogen (secondary N) is 1. The topological polar surface area (TPSA) is 41.6 Å². The van der Waals surface area contributed by atoms with Gasteiger partial charge in [-0.15, -0.1) is 0 Å². The van der Waals surface area contributed by atoms with Crippen LogP contribution in [0.1, 0.15) is 37.7 Å². The second-order valence-electron chi connectivity index (χ2n) is 7.03. The van der Waals surface area contributed by atoms with Crippen LogP contribution in [-0.4, -0.2) is 43.2 Å². The van der Waals surface area contributed by atoms with E-state index in [-0.39, 0.29) is 17.8 Å². The van der Waals surface area contributed by atoms with Crippen LogP contribution in [0, 0.1) is 11.7 Å². The third-order valence-electron chi connectivity index (χ3n) is 5.00. The van der Waals surface area contributed by atoms with Crippen molar-refractivity contribution in [2.24, 2.45) is 5.92 Å². The van der Waals surface area contributed by atoms with E-state index in [1.807, 2.05) is 12.1 Å². The molecular weight excluding hydrogens is 307 g/mol. The Bertz CT molecular complexity index is 521. The molecule has 2 aliphatic heterocycles. The lowest BCUT2D eigenvalue weighted by Gasteiger charge is -2.32. The van der Waals surface area contributed by atoms with Gasteiger partial charge in [-0.2, -0.15) is 0 Å². The molecule has 2 fully saturated rings. The summed E-state index contributed by atoms with van der Waals surface area (Å²) in [5.74, 6) is 0.364. The molecule has 0 aliphatic carbocycles. The van der Waals surface area contributed by atoms with Crippen LogP contribution in [0.15, 0.2) is 24.3 Å². The fourth-order valence-electron chi connectivity index (χ4n) is 3.60. The lowest BCUT2D eigenvalue weighted by atomic mass is 9.97. The number of nitrogens with zero attached hydrogens (tertiary/aromatic N) is 1. The van der Waals surface area contributed by atoms with Gasteiger partial charge in [-0.05, 0) is 49.3 Å². The van der Waals surface area contributed by atoms with Gasteiger partial charge in [0.1, 0.15) is 5.82 Å². The number of likely N-dealkylation sites (tertiary alicyclic amines) is 1. The van der Waals surface area contributed by atoms with Crippen molar-refractivity contribution in [2.45, 2.75) is 44.7 Å². The molecule has 0 radical (unpaired) electrons. The molecule has 1 N–H and O–H groups in total.